The number of hydrogen-bond acceptors (Lipinski definition) is 5. The molecule has 2 aromatic rings. The molecule has 0 aromatic carbocycles. The molecule has 2 rings (SSSR count). The third-order valence-corrected chi connectivity index (χ3v) is 2.92. The van der Waals surface area contributed by atoms with Crippen LogP contribution < -0.4 is 0 Å². The minimum absolute atomic E-state index is 0.0376. The smallest absolute Gasteiger partial charge is 0.237 e. The van der Waals surface area contributed by atoms with Gasteiger partial charge in [-0.2, -0.15) is 4.98 Å². The zero-order valence-corrected chi connectivity index (χ0v) is 10.7. The summed E-state index contributed by atoms with van der Waals surface area (Å²) >= 11 is 0. The minimum atomic E-state index is -0.316. The number of hydrogen-bond donors (Lipinski definition) is 0. The molecule has 2 aromatic heterocycles. The summed E-state index contributed by atoms with van der Waals surface area (Å²) < 4.78 is 5.18. The SMILES string of the molecule is CCC(C(C)=O)c1nc(-c2cnccc2C)no1. The maximum atomic E-state index is 11.4. The van der Waals surface area contributed by atoms with E-state index in [1.165, 1.54) is 6.92 Å². The van der Waals surface area contributed by atoms with Gasteiger partial charge in [0.2, 0.25) is 11.7 Å². The van der Waals surface area contributed by atoms with Crippen LogP contribution in [0.3, 0.4) is 0 Å². The van der Waals surface area contributed by atoms with E-state index in [0.717, 1.165) is 11.1 Å². The van der Waals surface area contributed by atoms with Crippen LogP contribution in [0.1, 0.15) is 37.6 Å². The van der Waals surface area contributed by atoms with Crippen LogP contribution in [-0.4, -0.2) is 20.9 Å². The van der Waals surface area contributed by atoms with Gasteiger partial charge >= 0.3 is 0 Å². The van der Waals surface area contributed by atoms with Gasteiger partial charge in [0.1, 0.15) is 5.78 Å². The Balaban J connectivity index is 2.36. The Labute approximate surface area is 105 Å². The second-order valence-corrected chi connectivity index (χ2v) is 4.22. The monoisotopic (exact) mass is 245 g/mol. The summed E-state index contributed by atoms with van der Waals surface area (Å²) in [6, 6.07) is 1.88. The lowest BCUT2D eigenvalue weighted by Gasteiger charge is -2.03. The van der Waals surface area contributed by atoms with Gasteiger partial charge in [-0.1, -0.05) is 12.1 Å². The van der Waals surface area contributed by atoms with Gasteiger partial charge in [-0.3, -0.25) is 9.78 Å². The van der Waals surface area contributed by atoms with Crippen molar-refractivity contribution in [1.29, 1.82) is 0 Å². The van der Waals surface area contributed by atoms with E-state index in [1.807, 2.05) is 19.9 Å². The van der Waals surface area contributed by atoms with Crippen LogP contribution in [-0.2, 0) is 4.79 Å². The van der Waals surface area contributed by atoms with E-state index in [0.29, 0.717) is 18.1 Å². The van der Waals surface area contributed by atoms with Crippen molar-refractivity contribution in [3.63, 3.8) is 0 Å². The molecular weight excluding hydrogens is 230 g/mol. The van der Waals surface area contributed by atoms with Crippen LogP contribution in [0.25, 0.3) is 11.4 Å². The third-order valence-electron chi connectivity index (χ3n) is 2.92. The molecule has 18 heavy (non-hydrogen) atoms. The Bertz CT molecular complexity index is 563. The lowest BCUT2D eigenvalue weighted by atomic mass is 10.0. The molecule has 0 aliphatic carbocycles. The van der Waals surface area contributed by atoms with Crippen LogP contribution in [0.15, 0.2) is 23.0 Å². The highest BCUT2D eigenvalue weighted by Gasteiger charge is 2.22. The summed E-state index contributed by atoms with van der Waals surface area (Å²) in [6.45, 7) is 5.41. The zero-order valence-electron chi connectivity index (χ0n) is 10.7. The number of nitrogens with zero attached hydrogens (tertiary/aromatic N) is 3. The van der Waals surface area contributed by atoms with E-state index in [1.54, 1.807) is 12.4 Å². The number of rotatable bonds is 4. The van der Waals surface area contributed by atoms with Gasteiger partial charge < -0.3 is 4.52 Å². The fourth-order valence-corrected chi connectivity index (χ4v) is 1.82. The van der Waals surface area contributed by atoms with Crippen molar-refractivity contribution >= 4 is 5.78 Å². The number of Topliss-reactive ketones (excluding diaryl/α,β-unsaturated/α-hetero) is 1. The molecule has 0 saturated carbocycles. The summed E-state index contributed by atoms with van der Waals surface area (Å²) in [5, 5.41) is 3.92. The lowest BCUT2D eigenvalue weighted by Crippen LogP contribution is -2.07. The van der Waals surface area contributed by atoms with E-state index in [9.17, 15) is 4.79 Å². The molecule has 94 valence electrons. The number of carbonyl (C=O) groups is 1. The van der Waals surface area contributed by atoms with Crippen molar-refractivity contribution in [2.75, 3.05) is 0 Å². The predicted octanol–water partition coefficient (Wildman–Crippen LogP) is 2.52. The van der Waals surface area contributed by atoms with Crippen LogP contribution in [0.5, 0.6) is 0 Å². The van der Waals surface area contributed by atoms with Crippen LogP contribution in [0, 0.1) is 6.92 Å². The zero-order chi connectivity index (χ0) is 13.1. The van der Waals surface area contributed by atoms with Gasteiger partial charge in [-0.05, 0) is 31.9 Å². The fourth-order valence-electron chi connectivity index (χ4n) is 1.82. The van der Waals surface area contributed by atoms with Gasteiger partial charge in [0.25, 0.3) is 0 Å². The summed E-state index contributed by atoms with van der Waals surface area (Å²) in [5.74, 6) is 0.581. The van der Waals surface area contributed by atoms with Crippen molar-refractivity contribution in [2.45, 2.75) is 33.1 Å². The largest absolute Gasteiger partial charge is 0.338 e. The number of aryl methyl sites for hydroxylation is 1. The van der Waals surface area contributed by atoms with Crippen LogP contribution in [0.2, 0.25) is 0 Å². The summed E-state index contributed by atoms with van der Waals surface area (Å²) in [5.41, 5.74) is 1.85. The molecule has 0 aliphatic heterocycles. The average molecular weight is 245 g/mol. The van der Waals surface area contributed by atoms with Crippen LogP contribution >= 0.6 is 0 Å². The molecule has 2 heterocycles. The number of ketones is 1. The molecule has 1 atom stereocenters. The van der Waals surface area contributed by atoms with Crippen molar-refractivity contribution in [1.82, 2.24) is 15.1 Å². The molecule has 0 bridgehead atoms. The van der Waals surface area contributed by atoms with Gasteiger partial charge in [0.15, 0.2) is 0 Å². The summed E-state index contributed by atoms with van der Waals surface area (Å²) in [6.07, 6.45) is 4.06. The number of pyridine rings is 1. The molecule has 0 N–H and O–H groups in total. The highest BCUT2D eigenvalue weighted by Crippen LogP contribution is 2.23. The van der Waals surface area contributed by atoms with Gasteiger partial charge in [0.05, 0.1) is 5.92 Å². The third kappa shape index (κ3) is 2.30. The Morgan fingerprint density at radius 1 is 1.50 bits per heavy atom. The standard InChI is InChI=1S/C13H15N3O2/c1-4-10(9(3)17)13-15-12(16-18-13)11-7-14-6-5-8(11)2/h5-7,10H,4H2,1-3H3. The van der Waals surface area contributed by atoms with Gasteiger partial charge in [-0.15, -0.1) is 0 Å². The normalized spacial score (nSPS) is 12.4. The fraction of sp³-hybridized carbons (Fsp3) is 0.385. The van der Waals surface area contributed by atoms with E-state index in [2.05, 4.69) is 15.1 Å². The molecule has 0 amide bonds. The quantitative estimate of drug-likeness (QED) is 0.827. The number of carbonyl (C=O) groups excluding carboxylic acids is 1. The first-order chi connectivity index (χ1) is 8.63. The Morgan fingerprint density at radius 3 is 2.89 bits per heavy atom. The van der Waals surface area contributed by atoms with Crippen molar-refractivity contribution in [3.05, 3.63) is 29.9 Å². The second kappa shape index (κ2) is 5.08. The molecule has 0 aliphatic rings. The first kappa shape index (κ1) is 12.4. The first-order valence-corrected chi connectivity index (χ1v) is 5.88. The molecular formula is C13H15N3O2. The highest BCUT2D eigenvalue weighted by atomic mass is 16.5. The average Bonchev–Trinajstić information content (AvgIpc) is 2.79. The molecule has 0 spiro atoms. The Hall–Kier alpha value is -2.04. The summed E-state index contributed by atoms with van der Waals surface area (Å²) in [7, 11) is 0. The predicted molar refractivity (Wildman–Crippen MR) is 66.0 cm³/mol. The molecule has 5 heteroatoms. The van der Waals surface area contributed by atoms with E-state index >= 15 is 0 Å². The molecule has 5 nitrogen and oxygen atoms in total. The molecule has 0 fully saturated rings. The number of aromatic nitrogens is 3. The van der Waals surface area contributed by atoms with Crippen molar-refractivity contribution in [3.8, 4) is 11.4 Å². The maximum absolute atomic E-state index is 11.4. The van der Waals surface area contributed by atoms with Gasteiger partial charge in [0, 0.05) is 18.0 Å². The van der Waals surface area contributed by atoms with Crippen molar-refractivity contribution in [2.24, 2.45) is 0 Å². The van der Waals surface area contributed by atoms with E-state index in [4.69, 9.17) is 4.52 Å². The maximum Gasteiger partial charge on any atom is 0.237 e. The minimum Gasteiger partial charge on any atom is -0.338 e. The Kier molecular flexibility index (Phi) is 3.50. The molecule has 0 saturated heterocycles. The van der Waals surface area contributed by atoms with Gasteiger partial charge in [-0.25, -0.2) is 0 Å². The molecule has 0 radical (unpaired) electrons. The second-order valence-electron chi connectivity index (χ2n) is 4.22. The lowest BCUT2D eigenvalue weighted by molar-refractivity contribution is -0.119. The van der Waals surface area contributed by atoms with E-state index < -0.39 is 0 Å². The topological polar surface area (TPSA) is 68.9 Å². The first-order valence-electron chi connectivity index (χ1n) is 5.88. The molecule has 1 unspecified atom stereocenters. The Morgan fingerprint density at radius 2 is 2.28 bits per heavy atom. The summed E-state index contributed by atoms with van der Waals surface area (Å²) in [4.78, 5) is 19.8. The highest BCUT2D eigenvalue weighted by molar-refractivity contribution is 5.82. The van der Waals surface area contributed by atoms with Crippen LogP contribution in [0.4, 0.5) is 0 Å². The van der Waals surface area contributed by atoms with Crippen molar-refractivity contribution < 1.29 is 9.32 Å². The van der Waals surface area contributed by atoms with E-state index in [-0.39, 0.29) is 11.7 Å².